The van der Waals surface area contributed by atoms with Gasteiger partial charge in [-0.3, -0.25) is 4.79 Å². The largest absolute Gasteiger partial charge is 0.373 e. The quantitative estimate of drug-likeness (QED) is 0.568. The molecule has 0 heterocycles. The molecule has 2 aromatic carbocycles. The molecule has 0 saturated carbocycles. The minimum Gasteiger partial charge on any atom is -0.373 e. The number of hydrogen-bond donors (Lipinski definition) is 0. The van der Waals surface area contributed by atoms with Crippen LogP contribution in [0.15, 0.2) is 42.5 Å². The Labute approximate surface area is 108 Å². The van der Waals surface area contributed by atoms with Gasteiger partial charge in [0.15, 0.2) is 5.78 Å². The summed E-state index contributed by atoms with van der Waals surface area (Å²) in [6.07, 6.45) is 2.09. The maximum Gasteiger partial charge on any atom is 0.189 e. The van der Waals surface area contributed by atoms with E-state index in [1.807, 2.05) is 42.5 Å². The van der Waals surface area contributed by atoms with Crippen LogP contribution in [0, 0.1) is 0 Å². The maximum atomic E-state index is 12.1. The summed E-state index contributed by atoms with van der Waals surface area (Å²) in [4.78, 5) is 12.1. The second-order valence-corrected chi connectivity index (χ2v) is 4.36. The van der Waals surface area contributed by atoms with E-state index in [2.05, 4.69) is 6.92 Å². The Morgan fingerprint density at radius 1 is 1.11 bits per heavy atom. The van der Waals surface area contributed by atoms with Crippen LogP contribution in [0.1, 0.15) is 30.1 Å². The van der Waals surface area contributed by atoms with Crippen molar-refractivity contribution in [1.82, 2.24) is 0 Å². The second-order valence-electron chi connectivity index (χ2n) is 4.36. The molecule has 2 nitrogen and oxygen atoms in total. The molecular formula is C16H18O2. The third-order valence-electron chi connectivity index (χ3n) is 2.97. The lowest BCUT2D eigenvalue weighted by Crippen LogP contribution is -2.10. The first-order valence-electron chi connectivity index (χ1n) is 6.41. The highest BCUT2D eigenvalue weighted by atomic mass is 16.5. The standard InChI is InChI=1S/C16H18O2/c1-2-3-11-18-12-16(17)15-10-6-8-13-7-4-5-9-14(13)15/h4-10H,2-3,11-12H2,1H3. The molecule has 0 bridgehead atoms. The normalized spacial score (nSPS) is 10.7. The molecule has 2 heteroatoms. The van der Waals surface area contributed by atoms with E-state index in [1.165, 1.54) is 0 Å². The molecule has 2 rings (SSSR count). The predicted molar refractivity (Wildman–Crippen MR) is 74.0 cm³/mol. The Hall–Kier alpha value is -1.67. The Kier molecular flexibility index (Phi) is 4.48. The van der Waals surface area contributed by atoms with Crippen LogP contribution in [-0.2, 0) is 4.74 Å². The Balaban J connectivity index is 2.13. The molecule has 0 aromatic heterocycles. The zero-order valence-electron chi connectivity index (χ0n) is 10.7. The summed E-state index contributed by atoms with van der Waals surface area (Å²) in [5, 5.41) is 2.10. The van der Waals surface area contributed by atoms with E-state index < -0.39 is 0 Å². The van der Waals surface area contributed by atoms with Crippen molar-refractivity contribution in [2.24, 2.45) is 0 Å². The molecular weight excluding hydrogens is 224 g/mol. The minimum atomic E-state index is 0.0582. The number of unbranched alkanes of at least 4 members (excludes halogenated alkanes) is 1. The maximum absolute atomic E-state index is 12.1. The molecule has 0 saturated heterocycles. The number of ether oxygens (including phenoxy) is 1. The highest BCUT2D eigenvalue weighted by molar-refractivity contribution is 6.08. The number of fused-ring (bicyclic) bond motifs is 1. The highest BCUT2D eigenvalue weighted by Crippen LogP contribution is 2.18. The lowest BCUT2D eigenvalue weighted by atomic mass is 10.0. The van der Waals surface area contributed by atoms with Gasteiger partial charge in [0.05, 0.1) is 0 Å². The number of carbonyl (C=O) groups is 1. The van der Waals surface area contributed by atoms with E-state index in [9.17, 15) is 4.79 Å². The molecule has 0 aliphatic carbocycles. The molecule has 0 N–H and O–H groups in total. The third kappa shape index (κ3) is 2.96. The monoisotopic (exact) mass is 242 g/mol. The highest BCUT2D eigenvalue weighted by Gasteiger charge is 2.09. The minimum absolute atomic E-state index is 0.0582. The molecule has 0 aliphatic heterocycles. The number of Topliss-reactive ketones (excluding diaryl/α,β-unsaturated/α-hetero) is 1. The van der Waals surface area contributed by atoms with Crippen LogP contribution in [0.5, 0.6) is 0 Å². The van der Waals surface area contributed by atoms with E-state index in [1.54, 1.807) is 0 Å². The zero-order valence-corrected chi connectivity index (χ0v) is 10.7. The van der Waals surface area contributed by atoms with Crippen LogP contribution >= 0.6 is 0 Å². The molecule has 0 aliphatic rings. The lowest BCUT2D eigenvalue weighted by Gasteiger charge is -2.06. The van der Waals surface area contributed by atoms with Gasteiger partial charge in [-0.05, 0) is 17.2 Å². The Morgan fingerprint density at radius 2 is 1.89 bits per heavy atom. The first kappa shape index (κ1) is 12.8. The van der Waals surface area contributed by atoms with Gasteiger partial charge in [-0.2, -0.15) is 0 Å². The smallest absolute Gasteiger partial charge is 0.189 e. The van der Waals surface area contributed by atoms with Gasteiger partial charge in [-0.15, -0.1) is 0 Å². The van der Waals surface area contributed by atoms with Crippen molar-refractivity contribution >= 4 is 16.6 Å². The molecule has 0 unspecified atom stereocenters. The van der Waals surface area contributed by atoms with Crippen molar-refractivity contribution in [3.05, 3.63) is 48.0 Å². The fraction of sp³-hybridized carbons (Fsp3) is 0.312. The average Bonchev–Trinajstić information content (AvgIpc) is 2.43. The second kappa shape index (κ2) is 6.31. The molecule has 0 fully saturated rings. The van der Waals surface area contributed by atoms with Crippen LogP contribution in [0.3, 0.4) is 0 Å². The van der Waals surface area contributed by atoms with Crippen molar-refractivity contribution in [1.29, 1.82) is 0 Å². The van der Waals surface area contributed by atoms with Crippen LogP contribution in [0.4, 0.5) is 0 Å². The fourth-order valence-electron chi connectivity index (χ4n) is 1.96. The van der Waals surface area contributed by atoms with Crippen molar-refractivity contribution in [2.45, 2.75) is 19.8 Å². The van der Waals surface area contributed by atoms with E-state index in [-0.39, 0.29) is 12.4 Å². The van der Waals surface area contributed by atoms with Crippen LogP contribution in [0.2, 0.25) is 0 Å². The number of hydrogen-bond acceptors (Lipinski definition) is 2. The van der Waals surface area contributed by atoms with Gasteiger partial charge in [0, 0.05) is 12.2 Å². The summed E-state index contributed by atoms with van der Waals surface area (Å²) in [6.45, 7) is 2.94. The summed E-state index contributed by atoms with van der Waals surface area (Å²) in [6, 6.07) is 13.7. The van der Waals surface area contributed by atoms with Gasteiger partial charge in [-0.1, -0.05) is 55.8 Å². The summed E-state index contributed by atoms with van der Waals surface area (Å²) in [7, 11) is 0. The van der Waals surface area contributed by atoms with E-state index in [0.29, 0.717) is 6.61 Å². The van der Waals surface area contributed by atoms with Crippen LogP contribution < -0.4 is 0 Å². The van der Waals surface area contributed by atoms with Crippen LogP contribution in [-0.4, -0.2) is 19.0 Å². The van der Waals surface area contributed by atoms with E-state index >= 15 is 0 Å². The summed E-state index contributed by atoms with van der Waals surface area (Å²) >= 11 is 0. The van der Waals surface area contributed by atoms with Crippen molar-refractivity contribution in [3.63, 3.8) is 0 Å². The van der Waals surface area contributed by atoms with E-state index in [4.69, 9.17) is 4.74 Å². The predicted octanol–water partition coefficient (Wildman–Crippen LogP) is 3.84. The third-order valence-corrected chi connectivity index (χ3v) is 2.97. The average molecular weight is 242 g/mol. The molecule has 94 valence electrons. The van der Waals surface area contributed by atoms with Crippen LogP contribution in [0.25, 0.3) is 10.8 Å². The van der Waals surface area contributed by atoms with Crippen molar-refractivity contribution < 1.29 is 9.53 Å². The van der Waals surface area contributed by atoms with Gasteiger partial charge in [0.2, 0.25) is 0 Å². The lowest BCUT2D eigenvalue weighted by molar-refractivity contribution is 0.0756. The molecule has 18 heavy (non-hydrogen) atoms. The number of benzene rings is 2. The van der Waals surface area contributed by atoms with Gasteiger partial charge in [0.1, 0.15) is 6.61 Å². The molecule has 2 aromatic rings. The summed E-state index contributed by atoms with van der Waals surface area (Å²) < 4.78 is 5.39. The molecule has 0 spiro atoms. The number of carbonyl (C=O) groups excluding carboxylic acids is 1. The number of rotatable bonds is 6. The Bertz CT molecular complexity index is 526. The van der Waals surface area contributed by atoms with Gasteiger partial charge in [0.25, 0.3) is 0 Å². The summed E-state index contributed by atoms with van der Waals surface area (Å²) in [5.41, 5.74) is 0.754. The first-order chi connectivity index (χ1) is 8.83. The fourth-order valence-corrected chi connectivity index (χ4v) is 1.96. The Morgan fingerprint density at radius 3 is 2.72 bits per heavy atom. The zero-order chi connectivity index (χ0) is 12.8. The topological polar surface area (TPSA) is 26.3 Å². The van der Waals surface area contributed by atoms with Gasteiger partial charge >= 0.3 is 0 Å². The number of ketones is 1. The molecule has 0 amide bonds. The molecule has 0 atom stereocenters. The SMILES string of the molecule is CCCCOCC(=O)c1cccc2ccccc12. The van der Waals surface area contributed by atoms with Crippen molar-refractivity contribution in [2.75, 3.05) is 13.2 Å². The van der Waals surface area contributed by atoms with Gasteiger partial charge < -0.3 is 4.74 Å². The molecule has 0 radical (unpaired) electrons. The van der Waals surface area contributed by atoms with E-state index in [0.717, 1.165) is 29.2 Å². The van der Waals surface area contributed by atoms with Gasteiger partial charge in [-0.25, -0.2) is 0 Å². The first-order valence-corrected chi connectivity index (χ1v) is 6.41. The summed E-state index contributed by atoms with van der Waals surface area (Å²) in [5.74, 6) is 0.0582. The van der Waals surface area contributed by atoms with Crippen molar-refractivity contribution in [3.8, 4) is 0 Å².